The Kier molecular flexibility index (Phi) is 6.01. The number of rotatable bonds is 3. The Hall–Kier alpha value is -2.83. The number of hydrogen-bond donors (Lipinski definition) is 2. The lowest BCUT2D eigenvalue weighted by atomic mass is 9.87. The fourth-order valence-electron chi connectivity index (χ4n) is 4.06. The lowest BCUT2D eigenvalue weighted by Gasteiger charge is -2.27. The van der Waals surface area contributed by atoms with Gasteiger partial charge in [0.1, 0.15) is 11.5 Å². The Balaban J connectivity index is 2.02. The molecule has 2 nitrogen and oxygen atoms in total. The van der Waals surface area contributed by atoms with Gasteiger partial charge in [-0.3, -0.25) is 0 Å². The van der Waals surface area contributed by atoms with Gasteiger partial charge in [-0.2, -0.15) is 0 Å². The van der Waals surface area contributed by atoms with Crippen molar-refractivity contribution in [3.05, 3.63) is 90.0 Å². The van der Waals surface area contributed by atoms with Crippen molar-refractivity contribution in [2.24, 2.45) is 0 Å². The van der Waals surface area contributed by atoms with Crippen LogP contribution in [0.5, 0.6) is 11.5 Å². The highest BCUT2D eigenvalue weighted by atomic mass is 31.1. The predicted octanol–water partition coefficient (Wildman–Crippen LogP) is 6.60. The summed E-state index contributed by atoms with van der Waals surface area (Å²) in [7, 11) is -1.19. The van der Waals surface area contributed by atoms with Crippen molar-refractivity contribution < 1.29 is 10.2 Å². The molecule has 2 N–H and O–H groups in total. The lowest BCUT2D eigenvalue weighted by molar-refractivity contribution is 0.478. The van der Waals surface area contributed by atoms with Gasteiger partial charge in [0.05, 0.1) is 0 Å². The summed E-state index contributed by atoms with van der Waals surface area (Å²) < 4.78 is 0. The van der Waals surface area contributed by atoms with E-state index in [1.807, 2.05) is 24.3 Å². The minimum absolute atomic E-state index is 0.0534. The first-order valence-electron chi connectivity index (χ1n) is 11.4. The van der Waals surface area contributed by atoms with E-state index in [1.165, 1.54) is 5.39 Å². The highest BCUT2D eigenvalue weighted by molar-refractivity contribution is 7.80. The first-order chi connectivity index (χ1) is 15.4. The molecule has 4 aromatic rings. The highest BCUT2D eigenvalue weighted by Gasteiger charge is 2.27. The zero-order valence-corrected chi connectivity index (χ0v) is 21.2. The van der Waals surface area contributed by atoms with Crippen LogP contribution in [0.1, 0.15) is 52.7 Å². The molecule has 0 bridgehead atoms. The van der Waals surface area contributed by atoms with Gasteiger partial charge in [-0.15, -0.1) is 0 Å². The molecule has 4 aromatic carbocycles. The molecule has 170 valence electrons. The van der Waals surface area contributed by atoms with Gasteiger partial charge in [0.2, 0.25) is 0 Å². The molecule has 3 heteroatoms. The summed E-state index contributed by atoms with van der Waals surface area (Å²) in [6.07, 6.45) is 0. The molecule has 0 heterocycles. The third-order valence-corrected chi connectivity index (χ3v) is 8.63. The number of benzene rings is 4. The summed E-state index contributed by atoms with van der Waals surface area (Å²) in [6.45, 7) is 13.1. The first-order valence-corrected chi connectivity index (χ1v) is 12.8. The molecule has 0 aliphatic carbocycles. The zero-order valence-electron chi connectivity index (χ0n) is 20.3. The second kappa shape index (κ2) is 8.50. The van der Waals surface area contributed by atoms with Gasteiger partial charge in [-0.05, 0) is 76.3 Å². The number of aromatic hydroxyl groups is 2. The minimum Gasteiger partial charge on any atom is -0.507 e. The van der Waals surface area contributed by atoms with Crippen molar-refractivity contribution >= 4 is 34.6 Å². The second-order valence-corrected chi connectivity index (χ2v) is 12.9. The SMILES string of the molecule is CC(C)(C)c1ccc(O)c(P(c2ccc3ccccc3c2)c2cc(C(C)(C)C)ccc2O)c1. The van der Waals surface area contributed by atoms with Crippen LogP contribution in [0.15, 0.2) is 78.9 Å². The van der Waals surface area contributed by atoms with Gasteiger partial charge in [0.25, 0.3) is 0 Å². The summed E-state index contributed by atoms with van der Waals surface area (Å²) in [5.41, 5.74) is 2.22. The smallest absolute Gasteiger partial charge is 0.123 e. The van der Waals surface area contributed by atoms with Crippen LogP contribution in [-0.4, -0.2) is 10.2 Å². The van der Waals surface area contributed by atoms with E-state index < -0.39 is 7.92 Å². The summed E-state index contributed by atoms with van der Waals surface area (Å²) >= 11 is 0. The van der Waals surface area contributed by atoms with E-state index in [0.29, 0.717) is 0 Å². The molecule has 0 atom stereocenters. The molecule has 0 fully saturated rings. The predicted molar refractivity (Wildman–Crippen MR) is 143 cm³/mol. The van der Waals surface area contributed by atoms with E-state index in [9.17, 15) is 10.2 Å². The van der Waals surface area contributed by atoms with Gasteiger partial charge in [0, 0.05) is 10.6 Å². The van der Waals surface area contributed by atoms with Crippen LogP contribution in [0.3, 0.4) is 0 Å². The van der Waals surface area contributed by atoms with Gasteiger partial charge >= 0.3 is 0 Å². The molecule has 0 aromatic heterocycles. The van der Waals surface area contributed by atoms with Gasteiger partial charge in [-0.1, -0.05) is 90.1 Å². The van der Waals surface area contributed by atoms with Gasteiger partial charge in [0.15, 0.2) is 0 Å². The third-order valence-electron chi connectivity index (χ3n) is 6.16. The summed E-state index contributed by atoms with van der Waals surface area (Å²) in [4.78, 5) is 0. The van der Waals surface area contributed by atoms with E-state index in [0.717, 1.165) is 32.4 Å². The molecule has 4 rings (SSSR count). The van der Waals surface area contributed by atoms with Crippen molar-refractivity contribution in [3.8, 4) is 11.5 Å². The Morgan fingerprint density at radius 2 is 1.03 bits per heavy atom. The van der Waals surface area contributed by atoms with Gasteiger partial charge in [-0.25, -0.2) is 0 Å². The largest absolute Gasteiger partial charge is 0.507 e. The molecule has 0 unspecified atom stereocenters. The van der Waals surface area contributed by atoms with Crippen LogP contribution in [0.4, 0.5) is 0 Å². The lowest BCUT2D eigenvalue weighted by Crippen LogP contribution is -2.25. The molecule has 0 amide bonds. The molecular formula is C30H33O2P. The number of fused-ring (bicyclic) bond motifs is 1. The summed E-state index contributed by atoms with van der Waals surface area (Å²) in [5, 5.41) is 27.3. The maximum Gasteiger partial charge on any atom is 0.123 e. The average molecular weight is 457 g/mol. The Bertz CT molecular complexity index is 1250. The number of phenolic OH excluding ortho intramolecular Hbond substituents is 2. The van der Waals surface area contributed by atoms with Crippen molar-refractivity contribution in [3.63, 3.8) is 0 Å². The molecule has 0 saturated carbocycles. The van der Waals surface area contributed by atoms with E-state index in [-0.39, 0.29) is 22.3 Å². The second-order valence-electron chi connectivity index (χ2n) is 10.8. The number of phenols is 2. The molecule has 33 heavy (non-hydrogen) atoms. The molecule has 0 aliphatic heterocycles. The fourth-order valence-corrected chi connectivity index (χ4v) is 6.51. The molecule has 0 aliphatic rings. The van der Waals surface area contributed by atoms with Crippen molar-refractivity contribution in [1.29, 1.82) is 0 Å². The standard InChI is InChI=1S/C30H33O2P/c1-29(2,3)22-12-15-25(31)27(18-22)33(24-14-11-20-9-7-8-10-21(20)17-24)28-19-23(30(4,5)6)13-16-26(28)32/h7-19,31-32H,1-6H3. The van der Waals surface area contributed by atoms with Gasteiger partial charge < -0.3 is 10.2 Å². The van der Waals surface area contributed by atoms with E-state index >= 15 is 0 Å². The van der Waals surface area contributed by atoms with Crippen molar-refractivity contribution in [2.75, 3.05) is 0 Å². The number of hydrogen-bond acceptors (Lipinski definition) is 2. The van der Waals surface area contributed by atoms with E-state index in [1.54, 1.807) is 12.1 Å². The van der Waals surface area contributed by atoms with Crippen LogP contribution in [0.2, 0.25) is 0 Å². The molecule has 0 spiro atoms. The fraction of sp³-hybridized carbons (Fsp3) is 0.267. The molecule has 0 saturated heterocycles. The first kappa shape index (κ1) is 23.3. The zero-order chi connectivity index (χ0) is 24.0. The highest BCUT2D eigenvalue weighted by Crippen LogP contribution is 2.42. The molecular weight excluding hydrogens is 423 g/mol. The Labute approximate surface area is 198 Å². The molecule has 0 radical (unpaired) electrons. The van der Waals surface area contributed by atoms with Crippen LogP contribution in [-0.2, 0) is 10.8 Å². The minimum atomic E-state index is -1.19. The topological polar surface area (TPSA) is 40.5 Å². The monoisotopic (exact) mass is 456 g/mol. The van der Waals surface area contributed by atoms with E-state index in [4.69, 9.17) is 0 Å². The van der Waals surface area contributed by atoms with Crippen molar-refractivity contribution in [1.82, 2.24) is 0 Å². The van der Waals surface area contributed by atoms with Crippen LogP contribution in [0, 0.1) is 0 Å². The normalized spacial score (nSPS) is 12.5. The van der Waals surface area contributed by atoms with Crippen molar-refractivity contribution in [2.45, 2.75) is 52.4 Å². The summed E-state index contributed by atoms with van der Waals surface area (Å²) in [6, 6.07) is 26.6. The van der Waals surface area contributed by atoms with Crippen LogP contribution < -0.4 is 15.9 Å². The maximum absolute atomic E-state index is 11.1. The Morgan fingerprint density at radius 3 is 1.52 bits per heavy atom. The average Bonchev–Trinajstić information content (AvgIpc) is 2.74. The Morgan fingerprint density at radius 1 is 0.545 bits per heavy atom. The van der Waals surface area contributed by atoms with Crippen LogP contribution in [0.25, 0.3) is 10.8 Å². The van der Waals surface area contributed by atoms with Crippen LogP contribution >= 0.6 is 7.92 Å². The maximum atomic E-state index is 11.1. The summed E-state index contributed by atoms with van der Waals surface area (Å²) in [5.74, 6) is 0.533. The van der Waals surface area contributed by atoms with E-state index in [2.05, 4.69) is 84.0 Å². The third kappa shape index (κ3) is 4.77. The quantitative estimate of drug-likeness (QED) is 0.341.